The number of amides is 5. The van der Waals surface area contributed by atoms with E-state index in [1.54, 1.807) is 12.4 Å². The zero-order chi connectivity index (χ0) is 36.5. The van der Waals surface area contributed by atoms with Gasteiger partial charge in [-0.15, -0.1) is 11.3 Å². The number of thiazole rings is 1. The Balaban J connectivity index is 1.35. The fourth-order valence-corrected chi connectivity index (χ4v) is 6.78. The number of nitrogens with two attached hydrogens (primary N) is 1. The van der Waals surface area contributed by atoms with Crippen molar-refractivity contribution in [2.75, 3.05) is 33.4 Å². The molecule has 0 spiro atoms. The smallest absolute Gasteiger partial charge is 0.407 e. The van der Waals surface area contributed by atoms with Crippen LogP contribution in [0.25, 0.3) is 10.6 Å². The fraction of sp³-hybridized carbons (Fsp3) is 0.611. The monoisotopic (exact) mass is 714 g/mol. The highest BCUT2D eigenvalue weighted by Crippen LogP contribution is 2.29. The molecule has 5 N–H and O–H groups in total. The zero-order valence-electron chi connectivity index (χ0n) is 29.9. The molecule has 1 aromatic carbocycles. The lowest BCUT2D eigenvalue weighted by molar-refractivity contribution is -0.138. The van der Waals surface area contributed by atoms with Crippen molar-refractivity contribution in [2.45, 2.75) is 103 Å². The van der Waals surface area contributed by atoms with Crippen LogP contribution in [0, 0.1) is 5.92 Å². The van der Waals surface area contributed by atoms with Crippen LogP contribution < -0.4 is 26.4 Å². The number of carbonyl (C=O) groups excluding carboxylic acids is 5. The molecule has 1 fully saturated rings. The number of primary amides is 1. The van der Waals surface area contributed by atoms with Crippen molar-refractivity contribution >= 4 is 41.1 Å². The maximum absolute atomic E-state index is 13.4. The van der Waals surface area contributed by atoms with Crippen LogP contribution >= 0.6 is 11.3 Å². The van der Waals surface area contributed by atoms with Crippen LogP contribution in [-0.4, -0.2) is 84.5 Å². The van der Waals surface area contributed by atoms with E-state index in [-0.39, 0.29) is 42.5 Å². The molecule has 0 saturated carbocycles. The molecular weight excluding hydrogens is 660 g/mol. The molecule has 3 rings (SSSR count). The summed E-state index contributed by atoms with van der Waals surface area (Å²) in [5.41, 5.74) is 5.72. The molecule has 1 aliphatic heterocycles. The predicted molar refractivity (Wildman–Crippen MR) is 193 cm³/mol. The van der Waals surface area contributed by atoms with Gasteiger partial charge in [-0.1, -0.05) is 44.7 Å². The first-order chi connectivity index (χ1) is 23.9. The molecule has 1 aliphatic rings. The van der Waals surface area contributed by atoms with Gasteiger partial charge in [0, 0.05) is 36.5 Å². The van der Waals surface area contributed by atoms with E-state index in [2.05, 4.69) is 27.9 Å². The Labute approximate surface area is 299 Å². The van der Waals surface area contributed by atoms with E-state index in [9.17, 15) is 24.0 Å². The van der Waals surface area contributed by atoms with Crippen molar-refractivity contribution in [3.05, 3.63) is 35.3 Å². The van der Waals surface area contributed by atoms with E-state index < -0.39 is 23.6 Å². The number of ether oxygens (including phenoxy) is 2. The maximum Gasteiger partial charge on any atom is 0.407 e. The highest BCUT2D eigenvalue weighted by atomic mass is 32.1. The number of carbonyl (C=O) groups is 5. The van der Waals surface area contributed by atoms with Gasteiger partial charge in [-0.25, -0.2) is 9.78 Å². The molecule has 0 bridgehead atoms. The minimum absolute atomic E-state index is 0.0511. The first kappa shape index (κ1) is 40.2. The van der Waals surface area contributed by atoms with Crippen LogP contribution in [0.2, 0.25) is 0 Å². The second-order valence-corrected chi connectivity index (χ2v) is 14.1. The second-order valence-electron chi connectivity index (χ2n) is 13.2. The Morgan fingerprint density at radius 1 is 1.08 bits per heavy atom. The Morgan fingerprint density at radius 2 is 1.84 bits per heavy atom. The number of alkyl carbamates (subject to hydrolysis) is 1. The average Bonchev–Trinajstić information content (AvgIpc) is 3.79. The summed E-state index contributed by atoms with van der Waals surface area (Å²) in [6.45, 7) is 6.87. The highest BCUT2D eigenvalue weighted by Gasteiger charge is 2.39. The maximum atomic E-state index is 13.4. The Morgan fingerprint density at radius 3 is 2.56 bits per heavy atom. The first-order valence-electron chi connectivity index (χ1n) is 17.7. The summed E-state index contributed by atoms with van der Waals surface area (Å²) in [6.07, 6.45) is 8.12. The van der Waals surface area contributed by atoms with Crippen molar-refractivity contribution in [3.63, 3.8) is 0 Å². The number of nitrogens with zero attached hydrogens (tertiary/aromatic N) is 2. The zero-order valence-corrected chi connectivity index (χ0v) is 30.7. The van der Waals surface area contributed by atoms with Crippen molar-refractivity contribution in [3.8, 4) is 16.3 Å². The third-order valence-corrected chi connectivity index (χ3v) is 9.86. The average molecular weight is 715 g/mol. The Kier molecular flexibility index (Phi) is 16.5. The predicted octanol–water partition coefficient (Wildman–Crippen LogP) is 4.79. The molecule has 1 aromatic heterocycles. The number of rotatable bonds is 21. The van der Waals surface area contributed by atoms with E-state index in [4.69, 9.17) is 15.2 Å². The van der Waals surface area contributed by atoms with Crippen LogP contribution in [0.1, 0.15) is 102 Å². The summed E-state index contributed by atoms with van der Waals surface area (Å²) in [4.78, 5) is 68.1. The SMILES string of the molecule is CCCCCC[C@@H](CC(=O)NC)C(C)(C)NC(=O)[C@@H]1CCCN1C(=O)CNC(=O)OCCCCCOc1cccc(-c2nc(C(N)=O)cs2)c1. The van der Waals surface area contributed by atoms with Crippen LogP contribution in [0.4, 0.5) is 4.79 Å². The van der Waals surface area contributed by atoms with Crippen molar-refractivity contribution in [1.82, 2.24) is 25.8 Å². The van der Waals surface area contributed by atoms with Gasteiger partial charge in [-0.05, 0) is 70.4 Å². The normalized spacial score (nSPS) is 14.9. The van der Waals surface area contributed by atoms with Crippen LogP contribution in [-0.2, 0) is 19.1 Å². The molecule has 13 nitrogen and oxygen atoms in total. The third kappa shape index (κ3) is 12.9. The lowest BCUT2D eigenvalue weighted by atomic mass is 9.80. The summed E-state index contributed by atoms with van der Waals surface area (Å²) in [7, 11) is 1.62. The van der Waals surface area contributed by atoms with Gasteiger partial charge >= 0.3 is 6.09 Å². The van der Waals surface area contributed by atoms with Gasteiger partial charge in [0.05, 0.1) is 13.2 Å². The molecule has 14 heteroatoms. The van der Waals surface area contributed by atoms with E-state index in [0.29, 0.717) is 49.6 Å². The number of nitrogens with one attached hydrogen (secondary N) is 3. The Bertz CT molecular complexity index is 1430. The minimum atomic E-state index is -0.686. The van der Waals surface area contributed by atoms with Gasteiger partial charge in [0.15, 0.2) is 0 Å². The van der Waals surface area contributed by atoms with Crippen molar-refractivity contribution < 1.29 is 33.4 Å². The molecule has 276 valence electrons. The molecule has 5 amide bonds. The molecule has 0 aliphatic carbocycles. The van der Waals surface area contributed by atoms with E-state index in [1.165, 1.54) is 16.2 Å². The summed E-state index contributed by atoms with van der Waals surface area (Å²) >= 11 is 1.34. The summed E-state index contributed by atoms with van der Waals surface area (Å²) in [5.74, 6) is -0.582. The summed E-state index contributed by atoms with van der Waals surface area (Å²) < 4.78 is 11.1. The molecule has 2 heterocycles. The number of aromatic nitrogens is 1. The molecular formula is C36H54N6O7S. The minimum Gasteiger partial charge on any atom is -0.494 e. The molecule has 2 atom stereocenters. The number of hydrogen-bond donors (Lipinski definition) is 4. The Hall–Kier alpha value is -4.20. The molecule has 50 heavy (non-hydrogen) atoms. The summed E-state index contributed by atoms with van der Waals surface area (Å²) in [6, 6.07) is 6.82. The van der Waals surface area contributed by atoms with Gasteiger partial charge < -0.3 is 36.1 Å². The first-order valence-corrected chi connectivity index (χ1v) is 18.5. The van der Waals surface area contributed by atoms with Crippen LogP contribution in [0.5, 0.6) is 5.75 Å². The van der Waals surface area contributed by atoms with Gasteiger partial charge in [0.1, 0.15) is 29.0 Å². The number of benzene rings is 1. The van der Waals surface area contributed by atoms with Gasteiger partial charge in [0.2, 0.25) is 17.7 Å². The fourth-order valence-electron chi connectivity index (χ4n) is 5.98. The molecule has 0 unspecified atom stereocenters. The lowest BCUT2D eigenvalue weighted by Crippen LogP contribution is -2.56. The van der Waals surface area contributed by atoms with E-state index in [0.717, 1.165) is 50.5 Å². The third-order valence-electron chi connectivity index (χ3n) is 8.97. The topological polar surface area (TPSA) is 182 Å². The standard InChI is InChI=1S/C36H54N6O7S/c1-5-6-7-9-15-26(22-30(43)38-4)36(2,3)41-33(46)29-17-13-18-42(29)31(44)23-39-35(47)49-20-11-8-10-19-48-27-16-12-14-25(21-27)34-40-28(24-50-34)32(37)45/h12,14,16,21,24,26,29H,5-11,13,15,17-20,22-23H2,1-4H3,(H2,37,45)(H,38,43)(H,39,47)(H,41,46)/t26-,29-/m0/s1. The molecule has 1 saturated heterocycles. The molecule has 2 aromatic rings. The highest BCUT2D eigenvalue weighted by molar-refractivity contribution is 7.13. The van der Waals surface area contributed by atoms with E-state index in [1.807, 2.05) is 38.1 Å². The number of hydrogen-bond acceptors (Lipinski definition) is 9. The second kappa shape index (κ2) is 20.5. The lowest BCUT2D eigenvalue weighted by Gasteiger charge is -2.37. The molecule has 0 radical (unpaired) electrons. The summed E-state index contributed by atoms with van der Waals surface area (Å²) in [5, 5.41) is 10.7. The van der Waals surface area contributed by atoms with Gasteiger partial charge in [0.25, 0.3) is 5.91 Å². The van der Waals surface area contributed by atoms with Crippen molar-refractivity contribution in [1.29, 1.82) is 0 Å². The number of likely N-dealkylation sites (tertiary alicyclic amines) is 1. The van der Waals surface area contributed by atoms with Crippen LogP contribution in [0.3, 0.4) is 0 Å². The number of unbranched alkanes of at least 4 members (excludes halogenated alkanes) is 5. The van der Waals surface area contributed by atoms with E-state index >= 15 is 0 Å². The van der Waals surface area contributed by atoms with Gasteiger partial charge in [-0.3, -0.25) is 19.2 Å². The largest absolute Gasteiger partial charge is 0.494 e. The quantitative estimate of drug-likeness (QED) is 0.133. The van der Waals surface area contributed by atoms with Crippen molar-refractivity contribution in [2.24, 2.45) is 11.7 Å². The van der Waals surface area contributed by atoms with Crippen LogP contribution in [0.15, 0.2) is 29.6 Å². The van der Waals surface area contributed by atoms with Gasteiger partial charge in [-0.2, -0.15) is 0 Å².